The molecule has 0 unspecified atom stereocenters. The van der Waals surface area contributed by atoms with E-state index in [-0.39, 0.29) is 5.56 Å². The summed E-state index contributed by atoms with van der Waals surface area (Å²) in [5, 5.41) is 13.7. The quantitative estimate of drug-likeness (QED) is 0.321. The van der Waals surface area contributed by atoms with Crippen LogP contribution in [0.25, 0.3) is 10.9 Å². The van der Waals surface area contributed by atoms with Gasteiger partial charge >= 0.3 is 0 Å². The second-order valence-corrected chi connectivity index (χ2v) is 9.78. The fraction of sp³-hybridized carbons (Fsp3) is 0.267. The zero-order chi connectivity index (χ0) is 27.5. The summed E-state index contributed by atoms with van der Waals surface area (Å²) in [5.74, 6) is 2.20. The normalized spacial score (nSPS) is 14.8. The first kappa shape index (κ1) is 25.6. The number of hydrogen-bond acceptors (Lipinski definition) is 8. The Morgan fingerprint density at radius 2 is 1.68 bits per heavy atom. The van der Waals surface area contributed by atoms with Gasteiger partial charge in [-0.25, -0.2) is 4.68 Å². The van der Waals surface area contributed by atoms with Crippen molar-refractivity contribution in [3.05, 3.63) is 106 Å². The molecule has 0 saturated carbocycles. The van der Waals surface area contributed by atoms with Crippen molar-refractivity contribution in [2.45, 2.75) is 12.6 Å². The van der Waals surface area contributed by atoms with Crippen molar-refractivity contribution in [2.75, 3.05) is 45.3 Å². The van der Waals surface area contributed by atoms with Crippen molar-refractivity contribution >= 4 is 16.6 Å². The van der Waals surface area contributed by atoms with Gasteiger partial charge in [0.05, 0.1) is 26.5 Å². The molecule has 10 nitrogen and oxygen atoms in total. The monoisotopic (exact) mass is 537 g/mol. The molecule has 0 amide bonds. The van der Waals surface area contributed by atoms with E-state index in [0.717, 1.165) is 46.7 Å². The van der Waals surface area contributed by atoms with Crippen molar-refractivity contribution in [3.8, 4) is 11.5 Å². The Kier molecular flexibility index (Phi) is 7.15. The summed E-state index contributed by atoms with van der Waals surface area (Å²) in [7, 11) is 3.33. The Balaban J connectivity index is 1.39. The molecule has 40 heavy (non-hydrogen) atoms. The summed E-state index contributed by atoms with van der Waals surface area (Å²) in [6.45, 7) is 3.43. The van der Waals surface area contributed by atoms with E-state index >= 15 is 0 Å². The molecule has 0 aliphatic carbocycles. The number of aromatic nitrogens is 5. The van der Waals surface area contributed by atoms with Gasteiger partial charge in [0, 0.05) is 42.6 Å². The first-order valence-electron chi connectivity index (χ1n) is 13.3. The van der Waals surface area contributed by atoms with Gasteiger partial charge in [0.1, 0.15) is 17.5 Å². The van der Waals surface area contributed by atoms with Gasteiger partial charge in [-0.05, 0) is 52.4 Å². The number of ether oxygens (including phenoxy) is 2. The van der Waals surface area contributed by atoms with Crippen LogP contribution in [0.4, 0.5) is 5.69 Å². The number of anilines is 1. The third kappa shape index (κ3) is 5.01. The first-order chi connectivity index (χ1) is 19.6. The maximum atomic E-state index is 13.6. The maximum absolute atomic E-state index is 13.6. The van der Waals surface area contributed by atoms with Crippen LogP contribution in [0.2, 0.25) is 0 Å². The summed E-state index contributed by atoms with van der Waals surface area (Å²) >= 11 is 0. The number of nitrogens with one attached hydrogen (secondary N) is 1. The van der Waals surface area contributed by atoms with Gasteiger partial charge in [-0.15, -0.1) is 5.10 Å². The molecule has 1 aliphatic heterocycles. The fourth-order valence-corrected chi connectivity index (χ4v) is 5.42. The molecule has 204 valence electrons. The van der Waals surface area contributed by atoms with Gasteiger partial charge < -0.3 is 19.4 Å². The number of hydrogen-bond donors (Lipinski definition) is 1. The Morgan fingerprint density at radius 3 is 2.45 bits per heavy atom. The molecule has 0 spiro atoms. The number of pyridine rings is 1. The molecule has 2 aromatic heterocycles. The Labute approximate surface area is 231 Å². The number of piperazine rings is 1. The fourth-order valence-electron chi connectivity index (χ4n) is 5.42. The Morgan fingerprint density at radius 1 is 0.900 bits per heavy atom. The summed E-state index contributed by atoms with van der Waals surface area (Å²) in [4.78, 5) is 21.3. The number of H-pyrrole nitrogens is 1. The number of methoxy groups -OCH3 is 2. The third-order valence-corrected chi connectivity index (χ3v) is 7.46. The SMILES string of the molecule is COc1ccc2[nH]c(=O)c([C@@H](c3nnnn3Cc3ccccc3)N3CCN(c4ccccc4OC)CC3)cc2c1. The average Bonchev–Trinajstić information content (AvgIpc) is 3.45. The van der Waals surface area contributed by atoms with E-state index < -0.39 is 6.04 Å². The van der Waals surface area contributed by atoms with Crippen LogP contribution in [0.5, 0.6) is 11.5 Å². The van der Waals surface area contributed by atoms with Crippen LogP contribution in [0, 0.1) is 0 Å². The highest BCUT2D eigenvalue weighted by Gasteiger charge is 2.33. The van der Waals surface area contributed by atoms with Crippen LogP contribution in [-0.2, 0) is 6.54 Å². The molecule has 1 atom stereocenters. The van der Waals surface area contributed by atoms with Crippen molar-refractivity contribution in [3.63, 3.8) is 0 Å². The summed E-state index contributed by atoms with van der Waals surface area (Å²) in [6, 6.07) is 25.2. The minimum absolute atomic E-state index is 0.163. The number of benzene rings is 3. The lowest BCUT2D eigenvalue weighted by Crippen LogP contribution is -2.49. The highest BCUT2D eigenvalue weighted by molar-refractivity contribution is 5.80. The van der Waals surface area contributed by atoms with Gasteiger partial charge in [-0.1, -0.05) is 42.5 Å². The number of fused-ring (bicyclic) bond motifs is 1. The van der Waals surface area contributed by atoms with Gasteiger partial charge in [0.2, 0.25) is 0 Å². The van der Waals surface area contributed by atoms with Gasteiger partial charge in [0.25, 0.3) is 5.56 Å². The zero-order valence-corrected chi connectivity index (χ0v) is 22.5. The lowest BCUT2D eigenvalue weighted by molar-refractivity contribution is 0.200. The van der Waals surface area contributed by atoms with Crippen LogP contribution in [0.3, 0.4) is 0 Å². The highest BCUT2D eigenvalue weighted by Crippen LogP contribution is 2.32. The molecule has 3 aromatic carbocycles. The van der Waals surface area contributed by atoms with Crippen LogP contribution in [0.1, 0.15) is 23.0 Å². The molecular weight excluding hydrogens is 506 g/mol. The largest absolute Gasteiger partial charge is 0.497 e. The zero-order valence-electron chi connectivity index (χ0n) is 22.5. The van der Waals surface area contributed by atoms with Crippen molar-refractivity contribution in [2.24, 2.45) is 0 Å². The minimum atomic E-state index is -0.446. The smallest absolute Gasteiger partial charge is 0.253 e. The second-order valence-electron chi connectivity index (χ2n) is 9.78. The molecule has 1 aliphatic rings. The van der Waals surface area contributed by atoms with Crippen molar-refractivity contribution in [1.29, 1.82) is 0 Å². The first-order valence-corrected chi connectivity index (χ1v) is 13.3. The van der Waals surface area contributed by atoms with Crippen molar-refractivity contribution < 1.29 is 9.47 Å². The van der Waals surface area contributed by atoms with Gasteiger partial charge in [0.15, 0.2) is 5.82 Å². The summed E-state index contributed by atoms with van der Waals surface area (Å²) < 4.78 is 12.8. The topological polar surface area (TPSA) is 101 Å². The molecule has 5 aromatic rings. The van der Waals surface area contributed by atoms with Crippen LogP contribution < -0.4 is 19.9 Å². The molecule has 0 bridgehead atoms. The van der Waals surface area contributed by atoms with Crippen molar-refractivity contribution in [1.82, 2.24) is 30.1 Å². The predicted octanol–water partition coefficient (Wildman–Crippen LogP) is 3.49. The van der Waals surface area contributed by atoms with E-state index in [4.69, 9.17) is 9.47 Å². The molecule has 6 rings (SSSR count). The van der Waals surface area contributed by atoms with Gasteiger partial charge in [-0.2, -0.15) is 0 Å². The van der Waals surface area contributed by atoms with E-state index in [0.29, 0.717) is 31.0 Å². The van der Waals surface area contributed by atoms with E-state index in [1.54, 1.807) is 18.9 Å². The summed E-state index contributed by atoms with van der Waals surface area (Å²) in [5.41, 5.74) is 3.32. The molecular formula is C30H31N7O3. The van der Waals surface area contributed by atoms with Crippen LogP contribution >= 0.6 is 0 Å². The Hall–Kier alpha value is -4.70. The van der Waals surface area contributed by atoms with Crippen LogP contribution in [-0.4, -0.2) is 70.5 Å². The maximum Gasteiger partial charge on any atom is 0.253 e. The van der Waals surface area contributed by atoms with E-state index in [1.807, 2.05) is 72.8 Å². The minimum Gasteiger partial charge on any atom is -0.497 e. The van der Waals surface area contributed by atoms with E-state index in [9.17, 15) is 4.79 Å². The van der Waals surface area contributed by atoms with E-state index in [1.165, 1.54) is 0 Å². The number of tetrazole rings is 1. The Bertz CT molecular complexity index is 1660. The van der Waals surface area contributed by atoms with Gasteiger partial charge in [-0.3, -0.25) is 9.69 Å². The molecule has 10 heteroatoms. The third-order valence-electron chi connectivity index (χ3n) is 7.46. The predicted molar refractivity (Wildman–Crippen MR) is 153 cm³/mol. The number of nitrogens with zero attached hydrogens (tertiary/aromatic N) is 6. The highest BCUT2D eigenvalue weighted by atomic mass is 16.5. The molecule has 3 heterocycles. The second kappa shape index (κ2) is 11.2. The molecule has 1 N–H and O–H groups in total. The lowest BCUT2D eigenvalue weighted by atomic mass is 10.0. The van der Waals surface area contributed by atoms with Crippen LogP contribution in [0.15, 0.2) is 83.7 Å². The molecule has 0 radical (unpaired) electrons. The summed E-state index contributed by atoms with van der Waals surface area (Å²) in [6.07, 6.45) is 0. The standard InChI is InChI=1S/C30H31N7O3/c1-39-23-12-13-25-22(18-23)19-24(30(38)31-25)28(29-32-33-34-37(29)20-21-8-4-3-5-9-21)36-16-14-35(15-17-36)26-10-6-7-11-27(26)40-2/h3-13,18-19,28H,14-17,20H2,1-2H3,(H,31,38)/t28-/m0/s1. The lowest BCUT2D eigenvalue weighted by Gasteiger charge is -2.40. The molecule has 1 fully saturated rings. The number of para-hydroxylation sites is 2. The van der Waals surface area contributed by atoms with E-state index in [2.05, 4.69) is 36.4 Å². The number of aromatic amines is 1. The molecule has 1 saturated heterocycles. The average molecular weight is 538 g/mol. The number of rotatable bonds is 8.